The van der Waals surface area contributed by atoms with Crippen LogP contribution in [0.25, 0.3) is 0 Å². The molecule has 2 N–H and O–H groups in total. The van der Waals surface area contributed by atoms with Crippen molar-refractivity contribution in [3.63, 3.8) is 0 Å². The molecule has 1 aliphatic rings. The van der Waals surface area contributed by atoms with Gasteiger partial charge in [0.1, 0.15) is 0 Å². The maximum atomic E-state index is 5.83. The van der Waals surface area contributed by atoms with Crippen molar-refractivity contribution in [1.29, 1.82) is 0 Å². The molecule has 4 heteroatoms. The fraction of sp³-hybridized carbons (Fsp3) is 0.500. The van der Waals surface area contributed by atoms with E-state index in [4.69, 9.17) is 5.73 Å². The van der Waals surface area contributed by atoms with Crippen molar-refractivity contribution in [2.24, 2.45) is 5.73 Å². The zero-order valence-corrected chi connectivity index (χ0v) is 9.57. The van der Waals surface area contributed by atoms with Crippen LogP contribution < -0.4 is 5.73 Å². The average molecular weight is 256 g/mol. The van der Waals surface area contributed by atoms with E-state index in [2.05, 4.69) is 25.8 Å². The monoisotopic (exact) mass is 255 g/mol. The van der Waals surface area contributed by atoms with Gasteiger partial charge in [0, 0.05) is 36.3 Å². The quantitative estimate of drug-likeness (QED) is 0.869. The number of likely N-dealkylation sites (tertiary alicyclic amines) is 1. The Morgan fingerprint density at radius 1 is 1.57 bits per heavy atom. The Morgan fingerprint density at radius 3 is 3.00 bits per heavy atom. The minimum absolute atomic E-state index is 0.352. The molecule has 2 rings (SSSR count). The molecule has 1 aliphatic heterocycles. The van der Waals surface area contributed by atoms with Gasteiger partial charge in [0.25, 0.3) is 0 Å². The Balaban J connectivity index is 1.94. The van der Waals surface area contributed by atoms with E-state index in [1.165, 1.54) is 0 Å². The fourth-order valence-corrected chi connectivity index (χ4v) is 1.97. The van der Waals surface area contributed by atoms with Crippen molar-refractivity contribution < 1.29 is 0 Å². The number of hydrogen-bond acceptors (Lipinski definition) is 3. The van der Waals surface area contributed by atoms with E-state index in [-0.39, 0.29) is 0 Å². The summed E-state index contributed by atoms with van der Waals surface area (Å²) in [7, 11) is 0. The average Bonchev–Trinajstić information content (AvgIpc) is 2.56. The molecule has 1 fully saturated rings. The zero-order valence-electron chi connectivity index (χ0n) is 7.99. The first-order valence-electron chi connectivity index (χ1n) is 4.82. The van der Waals surface area contributed by atoms with Gasteiger partial charge in [-0.1, -0.05) is 0 Å². The van der Waals surface area contributed by atoms with E-state index in [1.54, 1.807) is 0 Å². The van der Waals surface area contributed by atoms with Crippen LogP contribution in [0.3, 0.4) is 0 Å². The highest BCUT2D eigenvalue weighted by Crippen LogP contribution is 2.12. The van der Waals surface area contributed by atoms with E-state index >= 15 is 0 Å². The molecule has 0 amide bonds. The number of hydrogen-bond donors (Lipinski definition) is 1. The smallest absolute Gasteiger partial charge is 0.0544 e. The summed E-state index contributed by atoms with van der Waals surface area (Å²) in [5.41, 5.74) is 6.95. The third-order valence-corrected chi connectivity index (χ3v) is 2.95. The van der Waals surface area contributed by atoms with Gasteiger partial charge in [-0.3, -0.25) is 9.88 Å². The molecule has 2 heterocycles. The van der Waals surface area contributed by atoms with Crippen LogP contribution >= 0.6 is 15.9 Å². The molecule has 0 radical (unpaired) electrons. The van der Waals surface area contributed by atoms with Crippen LogP contribution in [0.4, 0.5) is 0 Å². The normalized spacial score (nSPS) is 22.9. The molecule has 0 saturated carbocycles. The third kappa shape index (κ3) is 2.53. The number of nitrogens with two attached hydrogens (primary N) is 1. The van der Waals surface area contributed by atoms with Crippen molar-refractivity contribution in [2.75, 3.05) is 13.1 Å². The second-order valence-corrected chi connectivity index (χ2v) is 4.67. The van der Waals surface area contributed by atoms with Crippen LogP contribution in [-0.2, 0) is 6.54 Å². The topological polar surface area (TPSA) is 42.1 Å². The molecule has 1 aromatic heterocycles. The van der Waals surface area contributed by atoms with Gasteiger partial charge in [-0.05, 0) is 34.5 Å². The lowest BCUT2D eigenvalue weighted by Gasteiger charge is -2.14. The SMILES string of the molecule is N[C@H]1CCN(Cc2ccc(Br)cn2)C1. The van der Waals surface area contributed by atoms with Crippen LogP contribution in [0.5, 0.6) is 0 Å². The lowest BCUT2D eigenvalue weighted by atomic mass is 10.3. The minimum atomic E-state index is 0.352. The van der Waals surface area contributed by atoms with E-state index in [0.717, 1.165) is 36.2 Å². The van der Waals surface area contributed by atoms with Gasteiger partial charge >= 0.3 is 0 Å². The standard InChI is InChI=1S/C10H14BrN3/c11-8-1-2-10(13-5-8)7-14-4-3-9(12)6-14/h1-2,5,9H,3-4,6-7,12H2/t9-/m0/s1. The zero-order chi connectivity index (χ0) is 9.97. The molecule has 3 nitrogen and oxygen atoms in total. The Labute approximate surface area is 92.4 Å². The van der Waals surface area contributed by atoms with Crippen LogP contribution in [0, 0.1) is 0 Å². The molecule has 1 aromatic rings. The maximum absolute atomic E-state index is 5.83. The predicted octanol–water partition coefficient (Wildman–Crippen LogP) is 1.38. The van der Waals surface area contributed by atoms with Gasteiger partial charge in [-0.2, -0.15) is 0 Å². The summed E-state index contributed by atoms with van der Waals surface area (Å²) in [6.07, 6.45) is 2.95. The van der Waals surface area contributed by atoms with Gasteiger partial charge < -0.3 is 5.73 Å². The summed E-state index contributed by atoms with van der Waals surface area (Å²) in [6, 6.07) is 4.43. The number of halogens is 1. The van der Waals surface area contributed by atoms with Gasteiger partial charge in [0.2, 0.25) is 0 Å². The molecule has 1 saturated heterocycles. The summed E-state index contributed by atoms with van der Waals surface area (Å²) in [5, 5.41) is 0. The second-order valence-electron chi connectivity index (χ2n) is 3.75. The highest BCUT2D eigenvalue weighted by Gasteiger charge is 2.18. The lowest BCUT2D eigenvalue weighted by molar-refractivity contribution is 0.323. The summed E-state index contributed by atoms with van der Waals surface area (Å²) in [5.74, 6) is 0. The number of nitrogens with zero attached hydrogens (tertiary/aromatic N) is 2. The summed E-state index contributed by atoms with van der Waals surface area (Å²) in [4.78, 5) is 6.69. The highest BCUT2D eigenvalue weighted by molar-refractivity contribution is 9.10. The highest BCUT2D eigenvalue weighted by atomic mass is 79.9. The molecule has 0 spiro atoms. The Morgan fingerprint density at radius 2 is 2.43 bits per heavy atom. The molecular formula is C10H14BrN3. The predicted molar refractivity (Wildman–Crippen MR) is 59.8 cm³/mol. The van der Waals surface area contributed by atoms with Gasteiger partial charge in [0.05, 0.1) is 5.69 Å². The Bertz CT molecular complexity index is 299. The minimum Gasteiger partial charge on any atom is -0.326 e. The van der Waals surface area contributed by atoms with Crippen LogP contribution in [0.15, 0.2) is 22.8 Å². The summed E-state index contributed by atoms with van der Waals surface area (Å²) in [6.45, 7) is 3.01. The van der Waals surface area contributed by atoms with Crippen molar-refractivity contribution in [3.8, 4) is 0 Å². The maximum Gasteiger partial charge on any atom is 0.0544 e. The number of rotatable bonds is 2. The molecular weight excluding hydrogens is 242 g/mol. The molecule has 0 aromatic carbocycles. The first kappa shape index (κ1) is 10.1. The van der Waals surface area contributed by atoms with Crippen molar-refractivity contribution in [1.82, 2.24) is 9.88 Å². The second kappa shape index (κ2) is 4.38. The van der Waals surface area contributed by atoms with Crippen molar-refractivity contribution >= 4 is 15.9 Å². The molecule has 1 atom stereocenters. The first-order chi connectivity index (χ1) is 6.74. The first-order valence-corrected chi connectivity index (χ1v) is 5.62. The van der Waals surface area contributed by atoms with Crippen LogP contribution in [-0.4, -0.2) is 29.0 Å². The van der Waals surface area contributed by atoms with Crippen LogP contribution in [0.1, 0.15) is 12.1 Å². The molecule has 0 bridgehead atoms. The van der Waals surface area contributed by atoms with Crippen molar-refractivity contribution in [3.05, 3.63) is 28.5 Å². The van der Waals surface area contributed by atoms with E-state index in [9.17, 15) is 0 Å². The summed E-state index contributed by atoms with van der Waals surface area (Å²) >= 11 is 3.37. The molecule has 0 unspecified atom stereocenters. The van der Waals surface area contributed by atoms with Gasteiger partial charge in [0.15, 0.2) is 0 Å². The fourth-order valence-electron chi connectivity index (χ4n) is 1.74. The van der Waals surface area contributed by atoms with E-state index < -0.39 is 0 Å². The number of pyridine rings is 1. The van der Waals surface area contributed by atoms with E-state index in [0.29, 0.717) is 6.04 Å². The Kier molecular flexibility index (Phi) is 3.15. The summed E-state index contributed by atoms with van der Waals surface area (Å²) < 4.78 is 1.03. The Hall–Kier alpha value is -0.450. The van der Waals surface area contributed by atoms with Gasteiger partial charge in [-0.25, -0.2) is 0 Å². The van der Waals surface area contributed by atoms with Crippen LogP contribution in [0.2, 0.25) is 0 Å². The van der Waals surface area contributed by atoms with E-state index in [1.807, 2.05) is 18.3 Å². The molecule has 14 heavy (non-hydrogen) atoms. The molecule has 0 aliphatic carbocycles. The molecule has 76 valence electrons. The third-order valence-electron chi connectivity index (χ3n) is 2.48. The largest absolute Gasteiger partial charge is 0.326 e. The lowest BCUT2D eigenvalue weighted by Crippen LogP contribution is -2.26. The van der Waals surface area contributed by atoms with Gasteiger partial charge in [-0.15, -0.1) is 0 Å². The number of aromatic nitrogens is 1. The van der Waals surface area contributed by atoms with Crippen molar-refractivity contribution in [2.45, 2.75) is 19.0 Å².